The summed E-state index contributed by atoms with van der Waals surface area (Å²) in [6, 6.07) is 0. The fourth-order valence-electron chi connectivity index (χ4n) is 1.87. The average Bonchev–Trinajstić information content (AvgIpc) is 3.03. The van der Waals surface area contributed by atoms with E-state index < -0.39 is 0 Å². The SMILES string of the molecule is CC(C)C(=O)N1CCN(C[C@H]2CO2)C(=O)C1. The zero-order chi connectivity index (χ0) is 11.7. The van der Waals surface area contributed by atoms with E-state index in [9.17, 15) is 9.59 Å². The molecular formula is C11H18N2O3. The van der Waals surface area contributed by atoms with Crippen LogP contribution in [0.5, 0.6) is 0 Å². The van der Waals surface area contributed by atoms with Crippen LogP contribution in [0.3, 0.4) is 0 Å². The standard InChI is InChI=1S/C11H18N2O3/c1-8(2)11(15)13-4-3-12(10(14)6-13)5-9-7-16-9/h8-9H,3-7H2,1-2H3/t9-/m0/s1. The Morgan fingerprint density at radius 3 is 2.69 bits per heavy atom. The second-order valence-electron chi connectivity index (χ2n) is 4.71. The number of ether oxygens (including phenoxy) is 1. The summed E-state index contributed by atoms with van der Waals surface area (Å²) in [6.45, 7) is 6.67. The van der Waals surface area contributed by atoms with E-state index in [1.807, 2.05) is 13.8 Å². The third-order valence-corrected chi connectivity index (χ3v) is 2.95. The Hall–Kier alpha value is -1.10. The Balaban J connectivity index is 1.86. The Bertz CT molecular complexity index is 300. The van der Waals surface area contributed by atoms with Gasteiger partial charge in [-0.05, 0) is 0 Å². The molecule has 2 amide bonds. The van der Waals surface area contributed by atoms with Crippen LogP contribution in [-0.2, 0) is 14.3 Å². The first-order valence-electron chi connectivity index (χ1n) is 5.76. The lowest BCUT2D eigenvalue weighted by molar-refractivity contribution is -0.147. The molecule has 2 aliphatic heterocycles. The Labute approximate surface area is 95.3 Å². The largest absolute Gasteiger partial charge is 0.371 e. The molecule has 2 rings (SSSR count). The third-order valence-electron chi connectivity index (χ3n) is 2.95. The van der Waals surface area contributed by atoms with Crippen molar-refractivity contribution in [3.63, 3.8) is 0 Å². The van der Waals surface area contributed by atoms with E-state index in [1.165, 1.54) is 0 Å². The van der Waals surface area contributed by atoms with Crippen LogP contribution in [0.4, 0.5) is 0 Å². The summed E-state index contributed by atoms with van der Waals surface area (Å²) in [6.07, 6.45) is 0.233. The molecule has 0 aliphatic carbocycles. The first kappa shape index (κ1) is 11.4. The highest BCUT2D eigenvalue weighted by Crippen LogP contribution is 2.14. The Kier molecular flexibility index (Phi) is 3.14. The van der Waals surface area contributed by atoms with Crippen LogP contribution in [-0.4, -0.2) is 60.5 Å². The van der Waals surface area contributed by atoms with Crippen LogP contribution in [0, 0.1) is 5.92 Å². The van der Waals surface area contributed by atoms with Gasteiger partial charge >= 0.3 is 0 Å². The third kappa shape index (κ3) is 2.52. The molecule has 2 fully saturated rings. The van der Waals surface area contributed by atoms with Gasteiger partial charge in [0.25, 0.3) is 0 Å². The number of carbonyl (C=O) groups is 2. The van der Waals surface area contributed by atoms with E-state index in [0.29, 0.717) is 19.6 Å². The first-order valence-corrected chi connectivity index (χ1v) is 5.76. The van der Waals surface area contributed by atoms with Crippen LogP contribution < -0.4 is 0 Å². The van der Waals surface area contributed by atoms with E-state index >= 15 is 0 Å². The van der Waals surface area contributed by atoms with E-state index in [4.69, 9.17) is 4.74 Å². The van der Waals surface area contributed by atoms with Crippen molar-refractivity contribution in [1.82, 2.24) is 9.80 Å². The van der Waals surface area contributed by atoms with Gasteiger partial charge in [0.05, 0.1) is 19.3 Å². The Morgan fingerprint density at radius 1 is 1.50 bits per heavy atom. The fraction of sp³-hybridized carbons (Fsp3) is 0.818. The molecule has 90 valence electrons. The number of hydrogen-bond acceptors (Lipinski definition) is 3. The minimum Gasteiger partial charge on any atom is -0.371 e. The molecule has 2 heterocycles. The highest BCUT2D eigenvalue weighted by Gasteiger charge is 2.32. The summed E-state index contributed by atoms with van der Waals surface area (Å²) >= 11 is 0. The van der Waals surface area contributed by atoms with Crippen molar-refractivity contribution in [2.24, 2.45) is 5.92 Å². The van der Waals surface area contributed by atoms with Crippen LogP contribution in [0.25, 0.3) is 0 Å². The van der Waals surface area contributed by atoms with Crippen molar-refractivity contribution < 1.29 is 14.3 Å². The van der Waals surface area contributed by atoms with Gasteiger partial charge < -0.3 is 14.5 Å². The summed E-state index contributed by atoms with van der Waals surface area (Å²) in [5.41, 5.74) is 0. The lowest BCUT2D eigenvalue weighted by atomic mass is 10.1. The first-order chi connectivity index (χ1) is 7.58. The number of piperazine rings is 1. The number of epoxide rings is 1. The van der Waals surface area contributed by atoms with Crippen LogP contribution in [0.2, 0.25) is 0 Å². The molecule has 0 saturated carbocycles. The smallest absolute Gasteiger partial charge is 0.242 e. The number of amides is 2. The van der Waals surface area contributed by atoms with Crippen molar-refractivity contribution in [2.75, 3.05) is 32.8 Å². The molecule has 0 bridgehead atoms. The molecule has 2 aliphatic rings. The molecule has 1 atom stereocenters. The summed E-state index contributed by atoms with van der Waals surface area (Å²) in [5.74, 6) is 0.0672. The van der Waals surface area contributed by atoms with Crippen molar-refractivity contribution in [1.29, 1.82) is 0 Å². The topological polar surface area (TPSA) is 53.2 Å². The maximum Gasteiger partial charge on any atom is 0.242 e. The van der Waals surface area contributed by atoms with E-state index in [0.717, 1.165) is 6.61 Å². The van der Waals surface area contributed by atoms with Gasteiger partial charge in [0, 0.05) is 25.6 Å². The van der Waals surface area contributed by atoms with Crippen molar-refractivity contribution >= 4 is 11.8 Å². The molecule has 5 heteroatoms. The predicted octanol–water partition coefficient (Wildman–Crippen LogP) is -0.288. The minimum absolute atomic E-state index is 0.0360. The number of carbonyl (C=O) groups excluding carboxylic acids is 2. The lowest BCUT2D eigenvalue weighted by Gasteiger charge is -2.34. The van der Waals surface area contributed by atoms with E-state index in [2.05, 4.69) is 0 Å². The summed E-state index contributed by atoms with van der Waals surface area (Å²) in [5, 5.41) is 0. The van der Waals surface area contributed by atoms with Gasteiger partial charge in [0.2, 0.25) is 11.8 Å². The van der Waals surface area contributed by atoms with Crippen LogP contribution >= 0.6 is 0 Å². The highest BCUT2D eigenvalue weighted by atomic mass is 16.6. The molecule has 0 radical (unpaired) electrons. The van der Waals surface area contributed by atoms with E-state index in [1.54, 1.807) is 9.80 Å². The van der Waals surface area contributed by atoms with Crippen molar-refractivity contribution in [3.05, 3.63) is 0 Å². The van der Waals surface area contributed by atoms with Gasteiger partial charge in [0.15, 0.2) is 0 Å². The van der Waals surface area contributed by atoms with Gasteiger partial charge in [-0.3, -0.25) is 9.59 Å². The molecule has 0 N–H and O–H groups in total. The van der Waals surface area contributed by atoms with Gasteiger partial charge in [-0.25, -0.2) is 0 Å². The molecule has 0 aromatic carbocycles. The van der Waals surface area contributed by atoms with Crippen molar-refractivity contribution in [2.45, 2.75) is 20.0 Å². The summed E-state index contributed by atoms with van der Waals surface area (Å²) in [7, 11) is 0. The monoisotopic (exact) mass is 226 g/mol. The normalized spacial score (nSPS) is 25.2. The zero-order valence-electron chi connectivity index (χ0n) is 9.81. The quantitative estimate of drug-likeness (QED) is 0.621. The summed E-state index contributed by atoms with van der Waals surface area (Å²) < 4.78 is 5.10. The molecule has 0 aromatic heterocycles. The van der Waals surface area contributed by atoms with E-state index in [-0.39, 0.29) is 30.4 Å². The second kappa shape index (κ2) is 4.41. The highest BCUT2D eigenvalue weighted by molar-refractivity contribution is 5.86. The van der Waals surface area contributed by atoms with Crippen LogP contribution in [0.1, 0.15) is 13.8 Å². The van der Waals surface area contributed by atoms with Gasteiger partial charge in [-0.2, -0.15) is 0 Å². The summed E-state index contributed by atoms with van der Waals surface area (Å²) in [4.78, 5) is 26.9. The molecule has 0 aromatic rings. The molecule has 0 spiro atoms. The lowest BCUT2D eigenvalue weighted by Crippen LogP contribution is -2.53. The average molecular weight is 226 g/mol. The molecule has 16 heavy (non-hydrogen) atoms. The molecule has 5 nitrogen and oxygen atoms in total. The van der Waals surface area contributed by atoms with Crippen LogP contribution in [0.15, 0.2) is 0 Å². The molecule has 2 saturated heterocycles. The zero-order valence-corrected chi connectivity index (χ0v) is 9.81. The van der Waals surface area contributed by atoms with Gasteiger partial charge in [-0.1, -0.05) is 13.8 Å². The Morgan fingerprint density at radius 2 is 2.19 bits per heavy atom. The number of nitrogens with zero attached hydrogens (tertiary/aromatic N) is 2. The maximum atomic E-state index is 11.8. The molecule has 0 unspecified atom stereocenters. The van der Waals surface area contributed by atoms with Gasteiger partial charge in [0.1, 0.15) is 0 Å². The molecular weight excluding hydrogens is 208 g/mol. The number of rotatable bonds is 3. The van der Waals surface area contributed by atoms with Gasteiger partial charge in [-0.15, -0.1) is 0 Å². The van der Waals surface area contributed by atoms with Crippen molar-refractivity contribution in [3.8, 4) is 0 Å². The second-order valence-corrected chi connectivity index (χ2v) is 4.71. The number of hydrogen-bond donors (Lipinski definition) is 0. The minimum atomic E-state index is -0.0360. The fourth-order valence-corrected chi connectivity index (χ4v) is 1.87. The predicted molar refractivity (Wildman–Crippen MR) is 57.7 cm³/mol. The maximum absolute atomic E-state index is 11.8.